The van der Waals surface area contributed by atoms with Gasteiger partial charge in [0.2, 0.25) is 0 Å². The summed E-state index contributed by atoms with van der Waals surface area (Å²) in [6.07, 6.45) is 0. The minimum absolute atomic E-state index is 0.0462. The molecule has 0 aliphatic carbocycles. The predicted octanol–water partition coefficient (Wildman–Crippen LogP) is -0.513. The summed E-state index contributed by atoms with van der Waals surface area (Å²) in [7, 11) is 0. The number of nitrogens with two attached hydrogens (primary N) is 1. The molecule has 0 unspecified atom stereocenters. The van der Waals surface area contributed by atoms with Crippen molar-refractivity contribution < 1.29 is 20.1 Å². The molecule has 0 spiro atoms. The molecule has 5 nitrogen and oxygen atoms in total. The lowest BCUT2D eigenvalue weighted by molar-refractivity contribution is -0.0258. The second-order valence-electron chi connectivity index (χ2n) is 4.11. The summed E-state index contributed by atoms with van der Waals surface area (Å²) in [6, 6.07) is 7.24. The van der Waals surface area contributed by atoms with E-state index in [4.69, 9.17) is 25.8 Å². The Kier molecular flexibility index (Phi) is 5.37. The van der Waals surface area contributed by atoms with Crippen LogP contribution >= 0.6 is 0 Å². The third-order valence-corrected chi connectivity index (χ3v) is 2.69. The number of rotatable bonds is 7. The lowest BCUT2D eigenvalue weighted by Crippen LogP contribution is -2.39. The molecule has 0 aliphatic heterocycles. The smallest absolute Gasteiger partial charge is 0.119 e. The van der Waals surface area contributed by atoms with Crippen LogP contribution < -0.4 is 10.5 Å². The second kappa shape index (κ2) is 6.56. The highest BCUT2D eigenvalue weighted by molar-refractivity contribution is 5.28. The Morgan fingerprint density at radius 2 is 1.76 bits per heavy atom. The molecule has 0 aromatic heterocycles. The van der Waals surface area contributed by atoms with Gasteiger partial charge in [-0.25, -0.2) is 0 Å². The Morgan fingerprint density at radius 1 is 1.12 bits per heavy atom. The van der Waals surface area contributed by atoms with Gasteiger partial charge < -0.3 is 25.8 Å². The Labute approximate surface area is 100 Å². The maximum atomic E-state index is 9.14. The van der Waals surface area contributed by atoms with Crippen LogP contribution in [0, 0.1) is 5.41 Å². The van der Waals surface area contributed by atoms with Gasteiger partial charge in [0, 0.05) is 6.54 Å². The zero-order chi connectivity index (χ0) is 12.7. The summed E-state index contributed by atoms with van der Waals surface area (Å²) in [5.74, 6) is 0.604. The molecule has 0 bridgehead atoms. The van der Waals surface area contributed by atoms with Crippen molar-refractivity contribution in [2.75, 3.05) is 26.4 Å². The van der Waals surface area contributed by atoms with Gasteiger partial charge in [-0.1, -0.05) is 12.1 Å². The molecular weight excluding hydrogens is 222 g/mol. The summed E-state index contributed by atoms with van der Waals surface area (Å²) in [6.45, 7) is -0.545. The van der Waals surface area contributed by atoms with Crippen LogP contribution in [0.4, 0.5) is 0 Å². The van der Waals surface area contributed by atoms with E-state index in [9.17, 15) is 0 Å². The molecule has 1 aromatic rings. The number of aliphatic hydroxyl groups is 3. The SMILES string of the molecule is NCc1cccc(OCC(CO)(CO)CO)c1. The van der Waals surface area contributed by atoms with E-state index >= 15 is 0 Å². The molecule has 17 heavy (non-hydrogen) atoms. The first-order chi connectivity index (χ1) is 8.19. The van der Waals surface area contributed by atoms with Crippen LogP contribution in [0.25, 0.3) is 0 Å². The van der Waals surface area contributed by atoms with Crippen molar-refractivity contribution >= 4 is 0 Å². The Bertz CT molecular complexity index is 331. The molecule has 0 saturated carbocycles. The van der Waals surface area contributed by atoms with E-state index in [0.717, 1.165) is 5.56 Å². The van der Waals surface area contributed by atoms with Gasteiger partial charge in [-0.2, -0.15) is 0 Å². The Morgan fingerprint density at radius 3 is 2.29 bits per heavy atom. The Balaban J connectivity index is 2.65. The van der Waals surface area contributed by atoms with Gasteiger partial charge in [0.15, 0.2) is 0 Å². The van der Waals surface area contributed by atoms with Crippen molar-refractivity contribution in [1.82, 2.24) is 0 Å². The summed E-state index contributed by atoms with van der Waals surface area (Å²) in [4.78, 5) is 0. The van der Waals surface area contributed by atoms with E-state index in [-0.39, 0.29) is 26.4 Å². The fourth-order valence-corrected chi connectivity index (χ4v) is 1.29. The number of hydrogen-bond donors (Lipinski definition) is 4. The van der Waals surface area contributed by atoms with E-state index in [2.05, 4.69) is 0 Å². The molecule has 0 radical (unpaired) electrons. The molecule has 1 rings (SSSR count). The van der Waals surface area contributed by atoms with Crippen LogP contribution in [0.2, 0.25) is 0 Å². The highest BCUT2D eigenvalue weighted by Gasteiger charge is 2.29. The van der Waals surface area contributed by atoms with E-state index in [1.54, 1.807) is 12.1 Å². The monoisotopic (exact) mass is 241 g/mol. The highest BCUT2D eigenvalue weighted by Crippen LogP contribution is 2.19. The van der Waals surface area contributed by atoms with Crippen LogP contribution in [-0.2, 0) is 6.54 Å². The summed E-state index contributed by atoms with van der Waals surface area (Å²) in [5, 5.41) is 27.4. The zero-order valence-electron chi connectivity index (χ0n) is 9.67. The molecule has 5 N–H and O–H groups in total. The lowest BCUT2D eigenvalue weighted by Gasteiger charge is -2.27. The van der Waals surface area contributed by atoms with Crippen molar-refractivity contribution in [1.29, 1.82) is 0 Å². The highest BCUT2D eigenvalue weighted by atomic mass is 16.5. The van der Waals surface area contributed by atoms with E-state index in [1.165, 1.54) is 0 Å². The number of hydrogen-bond acceptors (Lipinski definition) is 5. The van der Waals surface area contributed by atoms with Gasteiger partial charge in [-0.15, -0.1) is 0 Å². The average molecular weight is 241 g/mol. The maximum Gasteiger partial charge on any atom is 0.119 e. The topological polar surface area (TPSA) is 95.9 Å². The first-order valence-corrected chi connectivity index (χ1v) is 5.44. The largest absolute Gasteiger partial charge is 0.493 e. The van der Waals surface area contributed by atoms with Crippen LogP contribution in [0.15, 0.2) is 24.3 Å². The minimum atomic E-state index is -1.02. The van der Waals surface area contributed by atoms with Crippen LogP contribution in [0.5, 0.6) is 5.75 Å². The molecule has 5 heteroatoms. The quantitative estimate of drug-likeness (QED) is 0.515. The number of aliphatic hydroxyl groups excluding tert-OH is 3. The molecule has 0 aliphatic rings. The fraction of sp³-hybridized carbons (Fsp3) is 0.500. The van der Waals surface area contributed by atoms with Crippen LogP contribution in [-0.4, -0.2) is 41.7 Å². The first-order valence-electron chi connectivity index (χ1n) is 5.44. The van der Waals surface area contributed by atoms with Crippen molar-refractivity contribution in [3.05, 3.63) is 29.8 Å². The van der Waals surface area contributed by atoms with Crippen LogP contribution in [0.3, 0.4) is 0 Å². The minimum Gasteiger partial charge on any atom is -0.493 e. The van der Waals surface area contributed by atoms with Crippen molar-refractivity contribution in [3.63, 3.8) is 0 Å². The van der Waals surface area contributed by atoms with Gasteiger partial charge in [-0.3, -0.25) is 0 Å². The molecule has 0 fully saturated rings. The molecule has 1 aromatic carbocycles. The molecule has 0 atom stereocenters. The summed E-state index contributed by atoms with van der Waals surface area (Å²) >= 11 is 0. The Hall–Kier alpha value is -1.14. The lowest BCUT2D eigenvalue weighted by atomic mass is 9.92. The fourth-order valence-electron chi connectivity index (χ4n) is 1.29. The van der Waals surface area contributed by atoms with Gasteiger partial charge in [-0.05, 0) is 17.7 Å². The molecule has 0 saturated heterocycles. The normalized spacial score (nSPS) is 11.5. The standard InChI is InChI=1S/C12H19NO4/c13-5-10-2-1-3-11(4-10)17-9-12(6-14,7-15)8-16/h1-4,14-16H,5-9,13H2. The molecule has 0 amide bonds. The van der Waals surface area contributed by atoms with Gasteiger partial charge in [0.05, 0.1) is 25.2 Å². The second-order valence-corrected chi connectivity index (χ2v) is 4.11. The van der Waals surface area contributed by atoms with Crippen molar-refractivity contribution in [3.8, 4) is 5.75 Å². The van der Waals surface area contributed by atoms with Crippen LogP contribution in [0.1, 0.15) is 5.56 Å². The van der Waals surface area contributed by atoms with E-state index < -0.39 is 5.41 Å². The third kappa shape index (κ3) is 3.67. The van der Waals surface area contributed by atoms with Crippen molar-refractivity contribution in [2.45, 2.75) is 6.54 Å². The first kappa shape index (κ1) is 13.9. The van der Waals surface area contributed by atoms with Gasteiger partial charge in [0.25, 0.3) is 0 Å². The van der Waals surface area contributed by atoms with Gasteiger partial charge in [0.1, 0.15) is 12.4 Å². The molecular formula is C12H19NO4. The third-order valence-electron chi connectivity index (χ3n) is 2.69. The predicted molar refractivity (Wildman–Crippen MR) is 63.5 cm³/mol. The van der Waals surface area contributed by atoms with E-state index in [1.807, 2.05) is 12.1 Å². The maximum absolute atomic E-state index is 9.14. The summed E-state index contributed by atoms with van der Waals surface area (Å²) < 4.78 is 5.45. The molecule has 0 heterocycles. The number of ether oxygens (including phenoxy) is 1. The number of benzene rings is 1. The summed E-state index contributed by atoms with van der Waals surface area (Å²) in [5.41, 5.74) is 5.42. The van der Waals surface area contributed by atoms with Crippen molar-refractivity contribution in [2.24, 2.45) is 11.1 Å². The van der Waals surface area contributed by atoms with Gasteiger partial charge >= 0.3 is 0 Å². The molecule has 96 valence electrons. The van der Waals surface area contributed by atoms with E-state index in [0.29, 0.717) is 12.3 Å². The zero-order valence-corrected chi connectivity index (χ0v) is 9.67. The average Bonchev–Trinajstić information content (AvgIpc) is 2.41.